The summed E-state index contributed by atoms with van der Waals surface area (Å²) >= 11 is 11.5. The maximum absolute atomic E-state index is 12.0. The first-order valence-corrected chi connectivity index (χ1v) is 36.0. The fourth-order valence-corrected chi connectivity index (χ4v) is 7.38. The molecule has 9 nitrogen and oxygen atoms in total. The summed E-state index contributed by atoms with van der Waals surface area (Å²) in [6.45, 7) is 13.0. The molecule has 2 aromatic heterocycles. The van der Waals surface area contributed by atoms with Crippen molar-refractivity contribution in [1.29, 1.82) is 0 Å². The maximum atomic E-state index is 12.0. The van der Waals surface area contributed by atoms with E-state index in [1.807, 2.05) is 31.7 Å². The second-order valence-electron chi connectivity index (χ2n) is 11.3. The van der Waals surface area contributed by atoms with Crippen molar-refractivity contribution >= 4 is 109 Å². The average Bonchev–Trinajstić information content (AvgIpc) is 3.94. The van der Waals surface area contributed by atoms with Gasteiger partial charge >= 0.3 is 50.5 Å². The molecule has 0 spiro atoms. The monoisotopic (exact) mass is 1210 g/mol. The zero-order chi connectivity index (χ0) is 32.5. The van der Waals surface area contributed by atoms with E-state index in [1.165, 1.54) is 18.5 Å². The molecule has 6 rings (SSSR count). The van der Waals surface area contributed by atoms with Crippen molar-refractivity contribution in [1.82, 2.24) is 19.9 Å². The van der Waals surface area contributed by atoms with Gasteiger partial charge in [-0.3, -0.25) is 4.21 Å². The number of hydrogen-bond acceptors (Lipinski definition) is 10. The molecule has 0 bridgehead atoms. The van der Waals surface area contributed by atoms with Gasteiger partial charge in [0.2, 0.25) is 0 Å². The van der Waals surface area contributed by atoms with Gasteiger partial charge < -0.3 is 19.3 Å². The summed E-state index contributed by atoms with van der Waals surface area (Å²) in [5, 5.41) is 0. The minimum absolute atomic E-state index is 0.224. The molecule has 44 heavy (non-hydrogen) atoms. The molecule has 0 radical (unpaired) electrons. The summed E-state index contributed by atoms with van der Waals surface area (Å²) in [7, 11) is -0.879. The molecule has 0 aromatic carbocycles. The fraction of sp³-hybridized carbons (Fsp3) is 0.714. The van der Waals surface area contributed by atoms with Crippen molar-refractivity contribution in [3.05, 3.63) is 35.2 Å². The molecule has 3 atom stereocenters. The third-order valence-corrected chi connectivity index (χ3v) is 11.4. The number of aryl methyl sites for hydroxylation is 2. The van der Waals surface area contributed by atoms with Gasteiger partial charge in [-0.2, -0.15) is 11.8 Å². The number of ether oxygens (including phenoxy) is 2. The van der Waals surface area contributed by atoms with Crippen molar-refractivity contribution in [2.24, 2.45) is 0 Å². The molecule has 4 heterocycles. The first-order valence-electron chi connectivity index (χ1n) is 14.4. The van der Waals surface area contributed by atoms with Crippen LogP contribution in [0.4, 0.5) is 11.6 Å². The van der Waals surface area contributed by atoms with E-state index in [0.717, 1.165) is 81.3 Å². The van der Waals surface area contributed by atoms with Crippen LogP contribution in [0.5, 0.6) is 0 Å². The molecule has 0 N–H and O–H groups in total. The molecule has 2 aliphatic carbocycles. The number of morpholine rings is 2. The van der Waals surface area contributed by atoms with Gasteiger partial charge in [0.05, 0.1) is 59.4 Å². The van der Waals surface area contributed by atoms with Crippen LogP contribution in [-0.2, 0) is 29.8 Å². The molecule has 4 fully saturated rings. The Morgan fingerprint density at radius 2 is 1.30 bits per heavy atom. The van der Waals surface area contributed by atoms with Gasteiger partial charge in [-0.1, -0.05) is 0 Å². The SMILES string of the molecule is CSC1(c2cc(N3CCOC[C@H]3C)nc(C)n2)CC1.Cc1nc(N2CCOC[C@H]2C)cc(C2([S@@](C)=O)CC2)n1.II.I[I-]I. The molecule has 2 aliphatic heterocycles. The summed E-state index contributed by atoms with van der Waals surface area (Å²) in [6, 6.07) is 4.93. The molecule has 0 amide bonds. The van der Waals surface area contributed by atoms with E-state index >= 15 is 0 Å². The second kappa shape index (κ2) is 19.3. The Bertz CT molecular complexity index is 1240. The molecule has 4 aliphatic rings. The number of aromatic nitrogens is 4. The van der Waals surface area contributed by atoms with Crippen molar-refractivity contribution in [3.63, 3.8) is 0 Å². The number of halogens is 5. The van der Waals surface area contributed by atoms with Crippen LogP contribution in [0.25, 0.3) is 0 Å². The van der Waals surface area contributed by atoms with Crippen LogP contribution in [0.15, 0.2) is 12.1 Å². The Balaban J connectivity index is 0.000000210. The van der Waals surface area contributed by atoms with Crippen LogP contribution in [0.2, 0.25) is 0 Å². The first kappa shape index (κ1) is 40.3. The summed E-state index contributed by atoms with van der Waals surface area (Å²) in [5.74, 6) is 3.65. The van der Waals surface area contributed by atoms with E-state index in [4.69, 9.17) is 9.47 Å². The Labute approximate surface area is 322 Å². The molecule has 2 saturated heterocycles. The van der Waals surface area contributed by atoms with Gasteiger partial charge in [-0.15, -0.1) is 0 Å². The fourth-order valence-electron chi connectivity index (χ4n) is 5.48. The Hall–Kier alpha value is 1.83. The van der Waals surface area contributed by atoms with Crippen molar-refractivity contribution in [2.75, 3.05) is 61.8 Å². The van der Waals surface area contributed by atoms with E-state index in [0.29, 0.717) is 25.3 Å². The van der Waals surface area contributed by atoms with Gasteiger partial charge in [-0.25, -0.2) is 19.9 Å². The van der Waals surface area contributed by atoms with E-state index in [2.05, 4.69) is 130 Å². The van der Waals surface area contributed by atoms with E-state index in [1.54, 1.807) is 6.26 Å². The average molecular weight is 1210 g/mol. The molecule has 250 valence electrons. The Morgan fingerprint density at radius 3 is 1.66 bits per heavy atom. The van der Waals surface area contributed by atoms with E-state index in [9.17, 15) is 4.21 Å². The standard InChI is InChI=1S/C14H21N3O2S.C14H21N3OS.I3.I2/c1-10-9-19-7-6-17(10)13-8-12(15-11(2)16-13)14(4-5-14)20(3)18;1-10-9-18-7-6-17(10)13-8-12(15-11(2)16-13)14(19-3)4-5-14;1-3-2;1-2/h8,10H,4-7,9H2,1-3H3;8,10H,4-7,9H2,1-3H3;;/q;;-1;/t10-,20-;10-;;/m11../s1. The van der Waals surface area contributed by atoms with Crippen LogP contribution in [0.1, 0.15) is 62.6 Å². The van der Waals surface area contributed by atoms with Gasteiger partial charge in [-0.05, 0) is 59.6 Å². The van der Waals surface area contributed by atoms with Crippen LogP contribution in [-0.4, -0.2) is 88.3 Å². The number of anilines is 2. The van der Waals surface area contributed by atoms with Gasteiger partial charge in [0.15, 0.2) is 0 Å². The number of hydrogen-bond donors (Lipinski definition) is 0. The second-order valence-corrected chi connectivity index (χ2v) is 30.4. The topological polar surface area (TPSA) is 93.6 Å². The summed E-state index contributed by atoms with van der Waals surface area (Å²) in [5.41, 5.74) is 2.15. The number of rotatable bonds is 6. The minimum atomic E-state index is -0.879. The van der Waals surface area contributed by atoms with Gasteiger partial charge in [0.25, 0.3) is 0 Å². The molecule has 2 saturated carbocycles. The normalized spacial score (nSPS) is 23.6. The Morgan fingerprint density at radius 1 is 0.864 bits per heavy atom. The van der Waals surface area contributed by atoms with Crippen molar-refractivity contribution in [3.8, 4) is 0 Å². The van der Waals surface area contributed by atoms with Crippen LogP contribution in [0.3, 0.4) is 0 Å². The summed E-state index contributed by atoms with van der Waals surface area (Å²) < 4.78 is 23.0. The first-order chi connectivity index (χ1) is 21.1. The summed E-state index contributed by atoms with van der Waals surface area (Å²) in [6.07, 6.45) is 8.36. The zero-order valence-electron chi connectivity index (χ0n) is 26.0. The third kappa shape index (κ3) is 10.7. The van der Waals surface area contributed by atoms with Crippen molar-refractivity contribution < 1.29 is 26.9 Å². The summed E-state index contributed by atoms with van der Waals surface area (Å²) in [4.78, 5) is 23.0. The van der Waals surface area contributed by atoms with Crippen LogP contribution >= 0.6 is 86.2 Å². The zero-order valence-corrected chi connectivity index (χ0v) is 38.4. The number of nitrogens with zero attached hydrogens (tertiary/aromatic N) is 6. The van der Waals surface area contributed by atoms with E-state index in [-0.39, 0.29) is 9.49 Å². The van der Waals surface area contributed by atoms with Gasteiger partial charge in [0, 0.05) is 79.5 Å². The van der Waals surface area contributed by atoms with Crippen LogP contribution in [0, 0.1) is 13.8 Å². The Kier molecular flexibility index (Phi) is 17.6. The number of thioether (sulfide) groups is 1. The van der Waals surface area contributed by atoms with Crippen molar-refractivity contribution in [2.45, 2.75) is 75.0 Å². The predicted molar refractivity (Wildman–Crippen MR) is 214 cm³/mol. The molecule has 2 aromatic rings. The molecule has 0 unspecified atom stereocenters. The molecule has 16 heteroatoms. The van der Waals surface area contributed by atoms with E-state index < -0.39 is 10.8 Å². The van der Waals surface area contributed by atoms with Crippen LogP contribution < -0.4 is 23.1 Å². The third-order valence-electron chi connectivity index (χ3n) is 8.26. The molecular weight excluding hydrogens is 1170 g/mol. The molecular formula is C28H42I5N6O3S2-. The predicted octanol–water partition coefficient (Wildman–Crippen LogP) is 4.29. The quantitative estimate of drug-likeness (QED) is 0.391. The van der Waals surface area contributed by atoms with Gasteiger partial charge in [0.1, 0.15) is 23.3 Å².